The topological polar surface area (TPSA) is 9.23 Å². The summed E-state index contributed by atoms with van der Waals surface area (Å²) in [7, 11) is 1.62. The number of methoxy groups -OCH3 is 1. The van der Waals surface area contributed by atoms with E-state index in [1.165, 1.54) is 0 Å². The molecule has 0 aromatic carbocycles. The van der Waals surface area contributed by atoms with Gasteiger partial charge in [-0.25, -0.2) is 0 Å². The van der Waals surface area contributed by atoms with Gasteiger partial charge in [-0.2, -0.15) is 0 Å². The zero-order valence-corrected chi connectivity index (χ0v) is 5.92. The maximum atomic E-state index is 5.31. The fourth-order valence-corrected chi connectivity index (χ4v) is 0.772. The molecule has 1 heteroatoms. The van der Waals surface area contributed by atoms with E-state index in [0.717, 1.165) is 17.8 Å². The van der Waals surface area contributed by atoms with E-state index in [0.29, 0.717) is 0 Å². The van der Waals surface area contributed by atoms with Crippen molar-refractivity contribution in [2.24, 2.45) is 0 Å². The van der Waals surface area contributed by atoms with Gasteiger partial charge in [0.25, 0.3) is 0 Å². The van der Waals surface area contributed by atoms with Crippen molar-refractivity contribution < 1.29 is 4.74 Å². The second-order valence-electron chi connectivity index (χ2n) is 2.01. The first-order chi connectivity index (χ1) is 4.86. The Balaban J connectivity index is 2.83. The number of allylic oxidation sites excluding steroid dienone is 3. The molecule has 0 fully saturated rings. The molecule has 0 unspecified atom stereocenters. The first kappa shape index (κ1) is 6.82. The lowest BCUT2D eigenvalue weighted by atomic mass is 10.1. The van der Waals surface area contributed by atoms with E-state index in [-0.39, 0.29) is 0 Å². The third-order valence-electron chi connectivity index (χ3n) is 1.33. The van der Waals surface area contributed by atoms with Crippen LogP contribution in [0.15, 0.2) is 35.3 Å². The van der Waals surface area contributed by atoms with Crippen LogP contribution in [0.2, 0.25) is 0 Å². The lowest BCUT2D eigenvalue weighted by Crippen LogP contribution is -1.86. The third-order valence-corrected chi connectivity index (χ3v) is 1.33. The van der Waals surface area contributed by atoms with Crippen LogP contribution in [-0.4, -0.2) is 7.11 Å². The van der Waals surface area contributed by atoms with Crippen LogP contribution in [0.5, 0.6) is 0 Å². The van der Waals surface area contributed by atoms with Gasteiger partial charge < -0.3 is 4.74 Å². The summed E-state index contributed by atoms with van der Waals surface area (Å²) < 4.78 is 4.95. The Morgan fingerprint density at radius 2 is 2.60 bits per heavy atom. The molecule has 0 aromatic rings. The smallest absolute Gasteiger partial charge is 0.182 e. The molecule has 1 aliphatic carbocycles. The first-order valence-electron chi connectivity index (χ1n) is 3.11. The Morgan fingerprint density at radius 3 is 3.20 bits per heavy atom. The van der Waals surface area contributed by atoms with E-state index in [9.17, 15) is 0 Å². The zero-order chi connectivity index (χ0) is 7.40. The fraction of sp³-hybridized carbons (Fsp3) is 0.222. The van der Waals surface area contributed by atoms with Crippen LogP contribution in [0.25, 0.3) is 0 Å². The zero-order valence-electron chi connectivity index (χ0n) is 5.92. The minimum atomic E-state index is 0.739. The summed E-state index contributed by atoms with van der Waals surface area (Å²) in [6, 6.07) is 0. The number of hydrogen-bond donors (Lipinski definition) is 0. The quantitative estimate of drug-likeness (QED) is 0.413. The standard InChI is InChI=1S/C9H9O/c1-3-8-5-4-6-9(7-8)10-2/h1,3-4,7H,5H2,2H3/q+1. The Bertz CT molecular complexity index is 227. The van der Waals surface area contributed by atoms with E-state index in [2.05, 4.69) is 5.73 Å². The van der Waals surface area contributed by atoms with Crippen LogP contribution in [0.1, 0.15) is 6.42 Å². The molecule has 0 radical (unpaired) electrons. The summed E-state index contributed by atoms with van der Waals surface area (Å²) in [6.07, 6.45) is 6.21. The van der Waals surface area contributed by atoms with Gasteiger partial charge >= 0.3 is 0 Å². The second-order valence-corrected chi connectivity index (χ2v) is 2.01. The van der Waals surface area contributed by atoms with Crippen molar-refractivity contribution in [3.63, 3.8) is 0 Å². The van der Waals surface area contributed by atoms with Crippen LogP contribution < -0.4 is 0 Å². The van der Waals surface area contributed by atoms with E-state index in [1.807, 2.05) is 12.2 Å². The molecule has 0 heterocycles. The molecule has 0 spiro atoms. The highest BCUT2D eigenvalue weighted by atomic mass is 16.5. The van der Waals surface area contributed by atoms with Crippen molar-refractivity contribution in [3.05, 3.63) is 41.9 Å². The number of hydrogen-bond acceptors (Lipinski definition) is 1. The van der Waals surface area contributed by atoms with Gasteiger partial charge in [-0.15, -0.1) is 0 Å². The van der Waals surface area contributed by atoms with Crippen LogP contribution in [0.4, 0.5) is 0 Å². The Labute approximate surface area is 61.0 Å². The molecule has 0 saturated carbocycles. The van der Waals surface area contributed by atoms with Crippen molar-refractivity contribution in [1.29, 1.82) is 0 Å². The maximum absolute atomic E-state index is 5.31. The summed E-state index contributed by atoms with van der Waals surface area (Å²) in [5.41, 5.74) is 4.02. The molecule has 50 valence electrons. The molecular weight excluding hydrogens is 124 g/mol. The minimum Gasteiger partial charge on any atom is -0.488 e. The predicted molar refractivity (Wildman–Crippen MR) is 40.2 cm³/mol. The second kappa shape index (κ2) is 3.03. The van der Waals surface area contributed by atoms with Crippen molar-refractivity contribution in [2.75, 3.05) is 7.11 Å². The van der Waals surface area contributed by atoms with Gasteiger partial charge in [-0.05, 0) is 6.08 Å². The van der Waals surface area contributed by atoms with Crippen LogP contribution >= 0.6 is 0 Å². The van der Waals surface area contributed by atoms with Crippen molar-refractivity contribution in [3.8, 4) is 0 Å². The maximum Gasteiger partial charge on any atom is 0.182 e. The lowest BCUT2D eigenvalue weighted by molar-refractivity contribution is 0.307. The molecule has 0 aromatic heterocycles. The third kappa shape index (κ3) is 1.35. The van der Waals surface area contributed by atoms with Crippen LogP contribution in [-0.2, 0) is 4.74 Å². The molecule has 0 atom stereocenters. The van der Waals surface area contributed by atoms with E-state index >= 15 is 0 Å². The summed E-state index contributed by atoms with van der Waals surface area (Å²) in [6.45, 7) is 5.31. The molecule has 1 rings (SSSR count). The molecule has 0 amide bonds. The Morgan fingerprint density at radius 1 is 1.80 bits per heavy atom. The summed E-state index contributed by atoms with van der Waals surface area (Å²) in [5.74, 6) is 0.739. The molecule has 10 heavy (non-hydrogen) atoms. The molecule has 1 aliphatic rings. The van der Waals surface area contributed by atoms with E-state index in [1.54, 1.807) is 13.2 Å². The van der Waals surface area contributed by atoms with E-state index < -0.39 is 0 Å². The molecule has 1 nitrogen and oxygen atoms in total. The number of rotatable bonds is 2. The van der Waals surface area contributed by atoms with Crippen molar-refractivity contribution >= 4 is 0 Å². The van der Waals surface area contributed by atoms with Gasteiger partial charge in [-0.3, -0.25) is 0 Å². The SMILES string of the molecule is [CH+]=CC1=CC(OC)=C=CC1. The molecule has 0 N–H and O–H groups in total. The molecular formula is C9H9O+. The molecule has 0 aliphatic heterocycles. The molecule has 0 bridgehead atoms. The summed E-state index contributed by atoms with van der Waals surface area (Å²) in [4.78, 5) is 0. The van der Waals surface area contributed by atoms with Gasteiger partial charge in [0.05, 0.1) is 25.2 Å². The normalized spacial score (nSPS) is 15.6. The highest BCUT2D eigenvalue weighted by molar-refractivity contribution is 5.30. The molecule has 0 saturated heterocycles. The lowest BCUT2D eigenvalue weighted by Gasteiger charge is -1.97. The Hall–Kier alpha value is -1.29. The number of ether oxygens (including phenoxy) is 1. The first-order valence-corrected chi connectivity index (χ1v) is 3.11. The van der Waals surface area contributed by atoms with Gasteiger partial charge in [-0.1, -0.05) is 5.73 Å². The van der Waals surface area contributed by atoms with Gasteiger partial charge in [0.15, 0.2) is 11.8 Å². The van der Waals surface area contributed by atoms with E-state index in [4.69, 9.17) is 11.3 Å². The van der Waals surface area contributed by atoms with Crippen LogP contribution in [0.3, 0.4) is 0 Å². The van der Waals surface area contributed by atoms with Gasteiger partial charge in [0.1, 0.15) is 0 Å². The summed E-state index contributed by atoms with van der Waals surface area (Å²) >= 11 is 0. The summed E-state index contributed by atoms with van der Waals surface area (Å²) in [5, 5.41) is 0. The predicted octanol–water partition coefficient (Wildman–Crippen LogP) is 1.99. The van der Waals surface area contributed by atoms with Gasteiger partial charge in [0, 0.05) is 6.58 Å². The Kier molecular flexibility index (Phi) is 2.07. The monoisotopic (exact) mass is 133 g/mol. The minimum absolute atomic E-state index is 0.739. The highest BCUT2D eigenvalue weighted by Crippen LogP contribution is 2.12. The van der Waals surface area contributed by atoms with Gasteiger partial charge in [0.2, 0.25) is 0 Å². The largest absolute Gasteiger partial charge is 0.488 e. The average molecular weight is 133 g/mol. The van der Waals surface area contributed by atoms with Crippen LogP contribution in [0, 0.1) is 6.58 Å². The van der Waals surface area contributed by atoms with Crippen molar-refractivity contribution in [1.82, 2.24) is 0 Å². The average Bonchev–Trinajstić information content (AvgIpc) is 2.05. The van der Waals surface area contributed by atoms with Crippen molar-refractivity contribution in [2.45, 2.75) is 6.42 Å². The fourth-order valence-electron chi connectivity index (χ4n) is 0.772. The highest BCUT2D eigenvalue weighted by Gasteiger charge is 2.04.